The Morgan fingerprint density at radius 3 is 2.67 bits per heavy atom. The average Bonchev–Trinajstić information content (AvgIpc) is 3.04. The lowest BCUT2D eigenvalue weighted by atomic mass is 10.3. The van der Waals surface area contributed by atoms with Crippen LogP contribution < -0.4 is 5.32 Å². The van der Waals surface area contributed by atoms with Crippen LogP contribution in [0.1, 0.15) is 21.5 Å². The molecule has 1 aromatic heterocycles. The number of hydrogen-bond donors (Lipinski definition) is 1. The Bertz CT molecular complexity index is 765. The van der Waals surface area contributed by atoms with Gasteiger partial charge in [0.2, 0.25) is 0 Å². The summed E-state index contributed by atoms with van der Waals surface area (Å²) in [6.07, 6.45) is -4.45. The number of para-hydroxylation sites is 1. The number of nitrogens with zero attached hydrogens (tertiary/aromatic N) is 1. The summed E-state index contributed by atoms with van der Waals surface area (Å²) in [6.45, 7) is 1.79. The lowest BCUT2D eigenvalue weighted by Gasteiger charge is -2.10. The molecule has 0 saturated carbocycles. The summed E-state index contributed by atoms with van der Waals surface area (Å²) in [5.41, 5.74) is 0.514. The summed E-state index contributed by atoms with van der Waals surface area (Å²) in [6, 6.07) is 11.2. The molecule has 1 N–H and O–H groups in total. The molecule has 0 bridgehead atoms. The third-order valence-corrected chi connectivity index (χ3v) is 5.42. The van der Waals surface area contributed by atoms with E-state index < -0.39 is 17.0 Å². The summed E-state index contributed by atoms with van der Waals surface area (Å²) < 4.78 is 37.8. The Morgan fingerprint density at radius 1 is 1.33 bits per heavy atom. The van der Waals surface area contributed by atoms with Crippen molar-refractivity contribution >= 4 is 34.7 Å². The Morgan fingerprint density at radius 2 is 2.04 bits per heavy atom. The monoisotopic (exact) mass is 370 g/mol. The number of thiophene rings is 1. The second kappa shape index (κ2) is 7.73. The molecular weight excluding hydrogens is 357 g/mol. The molecule has 8 heteroatoms. The molecule has 2 rings (SSSR count). The van der Waals surface area contributed by atoms with Crippen molar-refractivity contribution in [2.24, 2.45) is 5.92 Å². The van der Waals surface area contributed by atoms with Crippen molar-refractivity contribution in [3.05, 3.63) is 46.2 Å². The van der Waals surface area contributed by atoms with Crippen LogP contribution in [0.15, 0.2) is 41.3 Å². The van der Waals surface area contributed by atoms with E-state index in [1.807, 2.05) is 0 Å². The molecule has 0 spiro atoms. The normalized spacial score (nSPS) is 12.5. The van der Waals surface area contributed by atoms with E-state index in [1.165, 1.54) is 11.8 Å². The van der Waals surface area contributed by atoms with E-state index in [0.29, 0.717) is 22.8 Å². The predicted molar refractivity (Wildman–Crippen MR) is 89.2 cm³/mol. The van der Waals surface area contributed by atoms with Gasteiger partial charge < -0.3 is 5.32 Å². The lowest BCUT2D eigenvalue weighted by molar-refractivity contribution is -0.134. The molecule has 0 radical (unpaired) electrons. The highest BCUT2D eigenvalue weighted by atomic mass is 32.2. The fourth-order valence-corrected chi connectivity index (χ4v) is 3.47. The van der Waals surface area contributed by atoms with E-state index in [-0.39, 0.29) is 10.8 Å². The predicted octanol–water partition coefficient (Wildman–Crippen LogP) is 5.27. The van der Waals surface area contributed by atoms with Crippen LogP contribution in [0, 0.1) is 17.2 Å². The number of halogens is 3. The van der Waals surface area contributed by atoms with Crippen molar-refractivity contribution in [1.29, 1.82) is 5.26 Å². The van der Waals surface area contributed by atoms with Gasteiger partial charge >= 0.3 is 6.18 Å². The smallest absolute Gasteiger partial charge is 0.320 e. The minimum Gasteiger partial charge on any atom is -0.320 e. The lowest BCUT2D eigenvalue weighted by Crippen LogP contribution is -2.11. The van der Waals surface area contributed by atoms with Crippen LogP contribution in [0.25, 0.3) is 0 Å². The third kappa shape index (κ3) is 4.76. The fraction of sp³-hybridized carbons (Fsp3) is 0.250. The molecule has 3 nitrogen and oxygen atoms in total. The van der Waals surface area contributed by atoms with E-state index >= 15 is 0 Å². The Kier molecular flexibility index (Phi) is 5.91. The van der Waals surface area contributed by atoms with Gasteiger partial charge in [-0.25, -0.2) is 0 Å². The van der Waals surface area contributed by atoms with E-state index in [0.717, 1.165) is 17.0 Å². The number of alkyl halides is 3. The number of nitrogens with one attached hydrogen (secondary N) is 1. The number of carbonyl (C=O) groups excluding carboxylic acids is 1. The van der Waals surface area contributed by atoms with Gasteiger partial charge in [-0.3, -0.25) is 4.79 Å². The summed E-state index contributed by atoms with van der Waals surface area (Å²) in [5, 5.41) is 11.5. The molecule has 2 aromatic rings. The minimum absolute atomic E-state index is 0.00693. The molecule has 24 heavy (non-hydrogen) atoms. The van der Waals surface area contributed by atoms with Crippen LogP contribution in [-0.4, -0.2) is 11.7 Å². The Balaban J connectivity index is 2.12. The molecule has 0 saturated heterocycles. The first-order chi connectivity index (χ1) is 11.3. The van der Waals surface area contributed by atoms with Crippen molar-refractivity contribution in [1.82, 2.24) is 0 Å². The zero-order valence-corrected chi connectivity index (χ0v) is 14.2. The van der Waals surface area contributed by atoms with E-state index in [1.54, 1.807) is 31.2 Å². The average molecular weight is 370 g/mol. The standard InChI is InChI=1S/C16H13F3N2OS2/c1-10(8-20)9-23-12-5-3-2-4-11(12)21-15(22)13-6-7-14(24-13)16(17,18)19/h2-7,10H,9H2,1H3,(H,21,22). The largest absolute Gasteiger partial charge is 0.425 e. The van der Waals surface area contributed by atoms with Crippen molar-refractivity contribution in [3.8, 4) is 6.07 Å². The molecule has 0 aliphatic carbocycles. The minimum atomic E-state index is -4.45. The number of nitriles is 1. The topological polar surface area (TPSA) is 52.9 Å². The number of benzene rings is 1. The van der Waals surface area contributed by atoms with Gasteiger partial charge in [0.1, 0.15) is 4.88 Å². The van der Waals surface area contributed by atoms with Gasteiger partial charge in [0.05, 0.1) is 22.6 Å². The van der Waals surface area contributed by atoms with Gasteiger partial charge in [0.25, 0.3) is 5.91 Å². The van der Waals surface area contributed by atoms with Crippen LogP contribution in [0.4, 0.5) is 18.9 Å². The van der Waals surface area contributed by atoms with Gasteiger partial charge in [0, 0.05) is 10.6 Å². The maximum absolute atomic E-state index is 12.6. The van der Waals surface area contributed by atoms with Crippen molar-refractivity contribution in [2.75, 3.05) is 11.1 Å². The molecule has 1 aromatic carbocycles. The molecule has 0 aliphatic rings. The van der Waals surface area contributed by atoms with Crippen molar-refractivity contribution in [2.45, 2.75) is 18.0 Å². The number of carbonyl (C=O) groups is 1. The van der Waals surface area contributed by atoms with Crippen LogP contribution in [0.3, 0.4) is 0 Å². The molecule has 1 amide bonds. The van der Waals surface area contributed by atoms with Gasteiger partial charge in [-0.2, -0.15) is 18.4 Å². The molecular formula is C16H13F3N2OS2. The quantitative estimate of drug-likeness (QED) is 0.730. The maximum atomic E-state index is 12.6. The number of thioether (sulfide) groups is 1. The fourth-order valence-electron chi connectivity index (χ4n) is 1.74. The second-order valence-corrected chi connectivity index (χ2v) is 7.10. The van der Waals surface area contributed by atoms with Crippen molar-refractivity contribution in [3.63, 3.8) is 0 Å². The number of rotatable bonds is 5. The molecule has 1 heterocycles. The van der Waals surface area contributed by atoms with Crippen LogP contribution in [-0.2, 0) is 6.18 Å². The molecule has 0 aliphatic heterocycles. The first kappa shape index (κ1) is 18.4. The van der Waals surface area contributed by atoms with Gasteiger partial charge in [-0.15, -0.1) is 23.1 Å². The van der Waals surface area contributed by atoms with Gasteiger partial charge in [-0.05, 0) is 31.2 Å². The highest BCUT2D eigenvalue weighted by molar-refractivity contribution is 7.99. The summed E-state index contributed by atoms with van der Waals surface area (Å²) in [5.74, 6) is -0.178. The first-order valence-corrected chi connectivity index (χ1v) is 8.71. The summed E-state index contributed by atoms with van der Waals surface area (Å²) >= 11 is 1.82. The molecule has 126 valence electrons. The number of anilines is 1. The Hall–Kier alpha value is -1.98. The van der Waals surface area contributed by atoms with Crippen molar-refractivity contribution < 1.29 is 18.0 Å². The van der Waals surface area contributed by atoms with Crippen LogP contribution >= 0.6 is 23.1 Å². The maximum Gasteiger partial charge on any atom is 0.425 e. The first-order valence-electron chi connectivity index (χ1n) is 6.91. The van der Waals surface area contributed by atoms with Gasteiger partial charge in [-0.1, -0.05) is 12.1 Å². The molecule has 0 fully saturated rings. The SMILES string of the molecule is CC(C#N)CSc1ccccc1NC(=O)c1ccc(C(F)(F)F)s1. The van der Waals surface area contributed by atoms with Crippen LogP contribution in [0.5, 0.6) is 0 Å². The zero-order chi connectivity index (χ0) is 17.7. The summed E-state index contributed by atoms with van der Waals surface area (Å²) in [4.78, 5) is 12.1. The number of amides is 1. The highest BCUT2D eigenvalue weighted by Gasteiger charge is 2.33. The molecule has 1 unspecified atom stereocenters. The molecule has 1 atom stereocenters. The van der Waals surface area contributed by atoms with E-state index in [9.17, 15) is 18.0 Å². The van der Waals surface area contributed by atoms with E-state index in [2.05, 4.69) is 11.4 Å². The van der Waals surface area contributed by atoms with Gasteiger partial charge in [0.15, 0.2) is 0 Å². The number of hydrogen-bond acceptors (Lipinski definition) is 4. The summed E-state index contributed by atoms with van der Waals surface area (Å²) in [7, 11) is 0. The Labute approximate surface area is 145 Å². The second-order valence-electron chi connectivity index (χ2n) is 4.95. The highest BCUT2D eigenvalue weighted by Crippen LogP contribution is 2.35. The third-order valence-electron chi connectivity index (χ3n) is 2.95. The van der Waals surface area contributed by atoms with E-state index in [4.69, 9.17) is 5.26 Å². The zero-order valence-electron chi connectivity index (χ0n) is 12.6. The van der Waals surface area contributed by atoms with Crippen LogP contribution in [0.2, 0.25) is 0 Å².